The van der Waals surface area contributed by atoms with E-state index in [1.807, 2.05) is 13.1 Å². The Labute approximate surface area is 134 Å². The number of halogens is 1. The molecule has 1 N–H and O–H groups in total. The molecule has 0 aliphatic carbocycles. The van der Waals surface area contributed by atoms with Crippen LogP contribution in [0.25, 0.3) is 0 Å². The van der Waals surface area contributed by atoms with Gasteiger partial charge in [-0.15, -0.1) is 0 Å². The molecule has 2 atom stereocenters. The molecule has 0 saturated carbocycles. The molecule has 23 heavy (non-hydrogen) atoms. The molecule has 2 unspecified atom stereocenters. The Balaban J connectivity index is 1.73. The predicted molar refractivity (Wildman–Crippen MR) is 83.3 cm³/mol. The number of aryl methyl sites for hydroxylation is 1. The first-order valence-corrected chi connectivity index (χ1v) is 7.69. The maximum absolute atomic E-state index is 13.9. The summed E-state index contributed by atoms with van der Waals surface area (Å²) in [6.45, 7) is 2.60. The Hall–Kier alpha value is -2.21. The van der Waals surface area contributed by atoms with E-state index in [1.54, 1.807) is 25.1 Å². The Morgan fingerprint density at radius 2 is 2.30 bits per heavy atom. The summed E-state index contributed by atoms with van der Waals surface area (Å²) in [6, 6.07) is 6.89. The van der Waals surface area contributed by atoms with Gasteiger partial charge >= 0.3 is 0 Å². The molecular formula is C17H20FN3O2. The largest absolute Gasteiger partial charge is 0.364 e. The first-order chi connectivity index (χ1) is 11.0. The van der Waals surface area contributed by atoms with Gasteiger partial charge in [-0.1, -0.05) is 17.3 Å². The standard InChI is InChI=1S/C17H20FN3O2/c1-11-3-4-12(9-14(11)18)17-15(5-7-21(17)2)19-16(22)10-13-6-8-23-20-13/h3-4,6,8-9,15,17H,5,7,10H2,1-2H3,(H,19,22). The molecule has 1 saturated heterocycles. The van der Waals surface area contributed by atoms with E-state index in [0.717, 1.165) is 18.5 Å². The molecule has 0 spiro atoms. The third-order valence-corrected chi connectivity index (χ3v) is 4.37. The number of likely N-dealkylation sites (tertiary alicyclic amines) is 1. The highest BCUT2D eigenvalue weighted by molar-refractivity contribution is 5.78. The molecule has 122 valence electrons. The van der Waals surface area contributed by atoms with Crippen molar-refractivity contribution in [2.75, 3.05) is 13.6 Å². The highest BCUT2D eigenvalue weighted by atomic mass is 19.1. The second-order valence-corrected chi connectivity index (χ2v) is 6.06. The van der Waals surface area contributed by atoms with Crippen LogP contribution < -0.4 is 5.32 Å². The molecule has 0 radical (unpaired) electrons. The van der Waals surface area contributed by atoms with Gasteiger partial charge in [0.25, 0.3) is 0 Å². The molecule has 6 heteroatoms. The fourth-order valence-corrected chi connectivity index (χ4v) is 3.13. The van der Waals surface area contributed by atoms with Crippen molar-refractivity contribution in [3.05, 3.63) is 53.2 Å². The van der Waals surface area contributed by atoms with Crippen molar-refractivity contribution in [3.63, 3.8) is 0 Å². The number of rotatable bonds is 4. The second kappa shape index (κ2) is 6.50. The van der Waals surface area contributed by atoms with Crippen LogP contribution in [0, 0.1) is 12.7 Å². The third-order valence-electron chi connectivity index (χ3n) is 4.37. The van der Waals surface area contributed by atoms with Crippen molar-refractivity contribution >= 4 is 5.91 Å². The smallest absolute Gasteiger partial charge is 0.226 e. The van der Waals surface area contributed by atoms with Gasteiger partial charge in [0.1, 0.15) is 12.1 Å². The minimum Gasteiger partial charge on any atom is -0.364 e. The van der Waals surface area contributed by atoms with Crippen molar-refractivity contribution in [3.8, 4) is 0 Å². The van der Waals surface area contributed by atoms with E-state index < -0.39 is 0 Å². The number of hydrogen-bond acceptors (Lipinski definition) is 4. The number of aromatic nitrogens is 1. The summed E-state index contributed by atoms with van der Waals surface area (Å²) in [5, 5.41) is 6.79. The molecule has 2 aromatic rings. The van der Waals surface area contributed by atoms with Gasteiger partial charge in [-0.2, -0.15) is 0 Å². The maximum Gasteiger partial charge on any atom is 0.226 e. The van der Waals surface area contributed by atoms with Crippen molar-refractivity contribution in [1.82, 2.24) is 15.4 Å². The van der Waals surface area contributed by atoms with Crippen molar-refractivity contribution < 1.29 is 13.7 Å². The van der Waals surface area contributed by atoms with Gasteiger partial charge < -0.3 is 9.84 Å². The Kier molecular flexibility index (Phi) is 4.43. The molecule has 0 bridgehead atoms. The lowest BCUT2D eigenvalue weighted by Crippen LogP contribution is -2.39. The number of amides is 1. The topological polar surface area (TPSA) is 58.4 Å². The highest BCUT2D eigenvalue weighted by Gasteiger charge is 2.34. The average Bonchev–Trinajstić information content (AvgIpc) is 3.12. The zero-order valence-corrected chi connectivity index (χ0v) is 13.3. The zero-order valence-electron chi connectivity index (χ0n) is 13.3. The van der Waals surface area contributed by atoms with Gasteiger partial charge in [0.15, 0.2) is 0 Å². The zero-order chi connectivity index (χ0) is 16.4. The van der Waals surface area contributed by atoms with Crippen LogP contribution in [-0.4, -0.2) is 35.6 Å². The van der Waals surface area contributed by atoms with E-state index in [4.69, 9.17) is 4.52 Å². The normalized spacial score (nSPS) is 21.5. The van der Waals surface area contributed by atoms with Crippen LogP contribution in [0.3, 0.4) is 0 Å². The molecule has 1 fully saturated rings. The Morgan fingerprint density at radius 1 is 1.48 bits per heavy atom. The Bertz CT molecular complexity index is 687. The maximum atomic E-state index is 13.9. The number of nitrogens with zero attached hydrogens (tertiary/aromatic N) is 2. The van der Waals surface area contributed by atoms with E-state index in [2.05, 4.69) is 15.4 Å². The van der Waals surface area contributed by atoms with Crippen LogP contribution in [0.1, 0.15) is 29.3 Å². The number of benzene rings is 1. The van der Waals surface area contributed by atoms with Gasteiger partial charge in [-0.25, -0.2) is 4.39 Å². The van der Waals surface area contributed by atoms with E-state index >= 15 is 0 Å². The lowest BCUT2D eigenvalue weighted by molar-refractivity contribution is -0.121. The predicted octanol–water partition coefficient (Wildman–Crippen LogP) is 2.23. The summed E-state index contributed by atoms with van der Waals surface area (Å²) in [4.78, 5) is 14.3. The van der Waals surface area contributed by atoms with Crippen molar-refractivity contribution in [1.29, 1.82) is 0 Å². The lowest BCUT2D eigenvalue weighted by Gasteiger charge is -2.26. The number of carbonyl (C=O) groups excluding carboxylic acids is 1. The molecule has 1 aromatic carbocycles. The highest BCUT2D eigenvalue weighted by Crippen LogP contribution is 2.31. The minimum atomic E-state index is -0.213. The molecule has 1 aromatic heterocycles. The van der Waals surface area contributed by atoms with Crippen molar-refractivity contribution in [2.45, 2.75) is 31.8 Å². The van der Waals surface area contributed by atoms with Gasteiger partial charge in [-0.05, 0) is 37.6 Å². The van der Waals surface area contributed by atoms with Gasteiger partial charge in [-0.3, -0.25) is 9.69 Å². The summed E-state index contributed by atoms with van der Waals surface area (Å²) in [5.41, 5.74) is 2.12. The summed E-state index contributed by atoms with van der Waals surface area (Å²) < 4.78 is 18.6. The monoisotopic (exact) mass is 317 g/mol. The number of hydrogen-bond donors (Lipinski definition) is 1. The van der Waals surface area contributed by atoms with Gasteiger partial charge in [0.2, 0.25) is 5.91 Å². The number of carbonyl (C=O) groups is 1. The first-order valence-electron chi connectivity index (χ1n) is 7.69. The van der Waals surface area contributed by atoms with Gasteiger partial charge in [0, 0.05) is 18.7 Å². The summed E-state index contributed by atoms with van der Waals surface area (Å²) in [6.07, 6.45) is 2.47. The molecular weight excluding hydrogens is 297 g/mol. The number of nitrogens with one attached hydrogen (secondary N) is 1. The van der Waals surface area contributed by atoms with Crippen molar-refractivity contribution in [2.24, 2.45) is 0 Å². The van der Waals surface area contributed by atoms with Crippen LogP contribution >= 0.6 is 0 Å². The molecule has 1 amide bonds. The number of likely N-dealkylation sites (N-methyl/N-ethyl adjacent to an activating group) is 1. The lowest BCUT2D eigenvalue weighted by atomic mass is 9.98. The summed E-state index contributed by atoms with van der Waals surface area (Å²) in [7, 11) is 1.99. The second-order valence-electron chi connectivity index (χ2n) is 6.06. The van der Waals surface area contributed by atoms with Crippen LogP contribution in [0.2, 0.25) is 0 Å². The van der Waals surface area contributed by atoms with E-state index in [1.165, 1.54) is 6.26 Å². The third kappa shape index (κ3) is 3.42. The van der Waals surface area contributed by atoms with E-state index in [-0.39, 0.29) is 30.2 Å². The minimum absolute atomic E-state index is 0.0219. The molecule has 3 rings (SSSR count). The van der Waals surface area contributed by atoms with Crippen LogP contribution in [0.15, 0.2) is 35.1 Å². The van der Waals surface area contributed by atoms with Crippen LogP contribution in [-0.2, 0) is 11.2 Å². The first kappa shape index (κ1) is 15.7. The molecule has 2 heterocycles. The molecule has 1 aliphatic rings. The quantitative estimate of drug-likeness (QED) is 0.939. The van der Waals surface area contributed by atoms with E-state index in [9.17, 15) is 9.18 Å². The SMILES string of the molecule is Cc1ccc(C2C(NC(=O)Cc3ccon3)CCN2C)cc1F. The molecule has 1 aliphatic heterocycles. The van der Waals surface area contributed by atoms with Gasteiger partial charge in [0.05, 0.1) is 18.2 Å². The average molecular weight is 317 g/mol. The summed E-state index contributed by atoms with van der Waals surface area (Å²) in [5.74, 6) is -0.313. The van der Waals surface area contributed by atoms with Crippen LogP contribution in [0.5, 0.6) is 0 Å². The van der Waals surface area contributed by atoms with Crippen LogP contribution in [0.4, 0.5) is 4.39 Å². The molecule has 5 nitrogen and oxygen atoms in total. The van der Waals surface area contributed by atoms with E-state index in [0.29, 0.717) is 11.3 Å². The Morgan fingerprint density at radius 3 is 3.00 bits per heavy atom. The summed E-state index contributed by atoms with van der Waals surface area (Å²) >= 11 is 0. The fourth-order valence-electron chi connectivity index (χ4n) is 3.13. The fraction of sp³-hybridized carbons (Fsp3) is 0.412.